The zero-order valence-electron chi connectivity index (χ0n) is 10.5. The van der Waals surface area contributed by atoms with Crippen molar-refractivity contribution < 1.29 is 4.52 Å². The monoisotopic (exact) mass is 285 g/mol. The molecule has 0 aliphatic heterocycles. The quantitative estimate of drug-likeness (QED) is 0.816. The Balaban J connectivity index is 1.88. The molecule has 98 valence electrons. The number of hydrogen-bond acceptors (Lipinski definition) is 5. The van der Waals surface area contributed by atoms with E-state index in [4.69, 9.17) is 16.1 Å². The Kier molecular flexibility index (Phi) is 4.74. The van der Waals surface area contributed by atoms with E-state index >= 15 is 0 Å². The first-order valence-electron chi connectivity index (χ1n) is 5.91. The molecule has 0 aliphatic carbocycles. The van der Waals surface area contributed by atoms with Gasteiger partial charge in [-0.15, -0.1) is 11.3 Å². The topological polar surface area (TPSA) is 42.2 Å². The maximum Gasteiger partial charge on any atom is 0.240 e. The highest BCUT2D eigenvalue weighted by Gasteiger charge is 2.09. The molecule has 0 aromatic carbocycles. The van der Waals surface area contributed by atoms with E-state index in [0.717, 1.165) is 29.5 Å². The Morgan fingerprint density at radius 1 is 1.39 bits per heavy atom. The third-order valence-electron chi connectivity index (χ3n) is 2.44. The van der Waals surface area contributed by atoms with E-state index < -0.39 is 0 Å². The van der Waals surface area contributed by atoms with Crippen LogP contribution in [-0.4, -0.2) is 22.1 Å². The molecule has 2 heterocycles. The van der Waals surface area contributed by atoms with E-state index in [0.29, 0.717) is 12.4 Å². The largest absolute Gasteiger partial charge is 0.338 e. The van der Waals surface area contributed by atoms with Crippen LogP contribution in [0.15, 0.2) is 16.7 Å². The summed E-state index contributed by atoms with van der Waals surface area (Å²) in [5.41, 5.74) is 0. The second-order valence-corrected chi connectivity index (χ2v) is 6.03. The molecule has 0 unspecified atom stereocenters. The van der Waals surface area contributed by atoms with Crippen LogP contribution >= 0.6 is 22.9 Å². The van der Waals surface area contributed by atoms with E-state index in [1.165, 1.54) is 4.88 Å². The fourth-order valence-corrected chi connectivity index (χ4v) is 2.84. The first-order chi connectivity index (χ1) is 8.67. The Morgan fingerprint density at radius 3 is 2.89 bits per heavy atom. The average Bonchev–Trinajstić information content (AvgIpc) is 2.89. The number of aryl methyl sites for hydroxylation is 1. The second-order valence-electron chi connectivity index (χ2n) is 4.23. The normalized spacial score (nSPS) is 11.3. The molecule has 0 N–H and O–H groups in total. The van der Waals surface area contributed by atoms with Crippen molar-refractivity contribution in [2.45, 2.75) is 32.9 Å². The molecular weight excluding hydrogens is 270 g/mol. The van der Waals surface area contributed by atoms with Crippen LogP contribution in [0.2, 0.25) is 4.34 Å². The fraction of sp³-hybridized carbons (Fsp3) is 0.500. The third-order valence-corrected chi connectivity index (χ3v) is 3.66. The van der Waals surface area contributed by atoms with Crippen LogP contribution in [0.3, 0.4) is 0 Å². The van der Waals surface area contributed by atoms with E-state index in [9.17, 15) is 0 Å². The lowest BCUT2D eigenvalue weighted by molar-refractivity contribution is 0.262. The van der Waals surface area contributed by atoms with Gasteiger partial charge in [0.05, 0.1) is 10.9 Å². The number of aromatic nitrogens is 2. The van der Waals surface area contributed by atoms with Crippen molar-refractivity contribution in [1.82, 2.24) is 15.0 Å². The van der Waals surface area contributed by atoms with Gasteiger partial charge in [0.1, 0.15) is 0 Å². The van der Waals surface area contributed by atoms with Crippen molar-refractivity contribution in [2.75, 3.05) is 7.05 Å². The number of rotatable bonds is 6. The summed E-state index contributed by atoms with van der Waals surface area (Å²) in [5.74, 6) is 1.46. The van der Waals surface area contributed by atoms with E-state index in [1.54, 1.807) is 11.3 Å². The molecule has 0 spiro atoms. The summed E-state index contributed by atoms with van der Waals surface area (Å²) < 4.78 is 6.03. The first-order valence-corrected chi connectivity index (χ1v) is 7.11. The lowest BCUT2D eigenvalue weighted by Crippen LogP contribution is -2.16. The van der Waals surface area contributed by atoms with Gasteiger partial charge in [-0.25, -0.2) is 0 Å². The van der Waals surface area contributed by atoms with Crippen LogP contribution < -0.4 is 0 Å². The number of halogens is 1. The number of thiophene rings is 1. The minimum Gasteiger partial charge on any atom is -0.338 e. The van der Waals surface area contributed by atoms with Crippen molar-refractivity contribution in [1.29, 1.82) is 0 Å². The first kappa shape index (κ1) is 13.5. The molecule has 2 aromatic heterocycles. The lowest BCUT2D eigenvalue weighted by Gasteiger charge is -2.12. The Hall–Kier alpha value is -0.910. The van der Waals surface area contributed by atoms with E-state index in [-0.39, 0.29) is 0 Å². The van der Waals surface area contributed by atoms with Gasteiger partial charge in [0.25, 0.3) is 0 Å². The minimum atomic E-state index is 0.659. The molecule has 0 bridgehead atoms. The molecule has 2 aromatic rings. The number of hydrogen-bond donors (Lipinski definition) is 0. The van der Waals surface area contributed by atoms with Crippen LogP contribution in [0.1, 0.15) is 29.9 Å². The van der Waals surface area contributed by atoms with Crippen LogP contribution in [0.4, 0.5) is 0 Å². The average molecular weight is 286 g/mol. The molecule has 0 saturated heterocycles. The minimum absolute atomic E-state index is 0.659. The third kappa shape index (κ3) is 3.80. The molecule has 0 radical (unpaired) electrons. The molecule has 6 heteroatoms. The Morgan fingerprint density at radius 2 is 2.22 bits per heavy atom. The Bertz CT molecular complexity index is 497. The summed E-state index contributed by atoms with van der Waals surface area (Å²) in [6.45, 7) is 3.60. The SMILES string of the molecule is CCCc1noc(CN(C)Cc2ccc(Cl)s2)n1. The molecule has 0 saturated carbocycles. The fourth-order valence-electron chi connectivity index (χ4n) is 1.67. The highest BCUT2D eigenvalue weighted by molar-refractivity contribution is 7.16. The zero-order chi connectivity index (χ0) is 13.0. The van der Waals surface area contributed by atoms with Crippen LogP contribution in [0, 0.1) is 0 Å². The van der Waals surface area contributed by atoms with Crippen molar-refractivity contribution >= 4 is 22.9 Å². The highest BCUT2D eigenvalue weighted by atomic mass is 35.5. The highest BCUT2D eigenvalue weighted by Crippen LogP contribution is 2.22. The second kappa shape index (κ2) is 6.31. The molecule has 0 atom stereocenters. The summed E-state index contributed by atoms with van der Waals surface area (Å²) in [6, 6.07) is 3.96. The lowest BCUT2D eigenvalue weighted by atomic mass is 10.3. The molecule has 0 amide bonds. The maximum absolute atomic E-state index is 5.90. The predicted molar refractivity (Wildman–Crippen MR) is 72.8 cm³/mol. The zero-order valence-corrected chi connectivity index (χ0v) is 12.1. The van der Waals surface area contributed by atoms with Gasteiger partial charge in [0.2, 0.25) is 5.89 Å². The molecular formula is C12H16ClN3OS. The van der Waals surface area contributed by atoms with Crippen LogP contribution in [0.25, 0.3) is 0 Å². The maximum atomic E-state index is 5.90. The van der Waals surface area contributed by atoms with Gasteiger partial charge in [0, 0.05) is 17.8 Å². The predicted octanol–water partition coefficient (Wildman–Crippen LogP) is 3.37. The van der Waals surface area contributed by atoms with Gasteiger partial charge in [-0.3, -0.25) is 4.90 Å². The van der Waals surface area contributed by atoms with Crippen LogP contribution in [-0.2, 0) is 19.5 Å². The van der Waals surface area contributed by atoms with Crippen molar-refractivity contribution in [3.05, 3.63) is 33.1 Å². The van der Waals surface area contributed by atoms with Crippen molar-refractivity contribution in [3.63, 3.8) is 0 Å². The summed E-state index contributed by atoms with van der Waals surface area (Å²) >= 11 is 7.50. The van der Waals surface area contributed by atoms with Crippen molar-refractivity contribution in [3.8, 4) is 0 Å². The summed E-state index contributed by atoms with van der Waals surface area (Å²) in [5, 5.41) is 3.94. The summed E-state index contributed by atoms with van der Waals surface area (Å²) in [7, 11) is 2.03. The summed E-state index contributed by atoms with van der Waals surface area (Å²) in [6.07, 6.45) is 1.90. The van der Waals surface area contributed by atoms with Gasteiger partial charge < -0.3 is 4.52 Å². The Labute approximate surface area is 116 Å². The van der Waals surface area contributed by atoms with Gasteiger partial charge in [-0.05, 0) is 25.6 Å². The van der Waals surface area contributed by atoms with Crippen molar-refractivity contribution in [2.24, 2.45) is 0 Å². The molecule has 0 aliphatic rings. The smallest absolute Gasteiger partial charge is 0.240 e. The standard InChI is InChI=1S/C12H16ClN3OS/c1-3-4-11-14-12(17-15-11)8-16(2)7-9-5-6-10(13)18-9/h5-6H,3-4,7-8H2,1-2H3. The molecule has 4 nitrogen and oxygen atoms in total. The van der Waals surface area contributed by atoms with Gasteiger partial charge in [-0.2, -0.15) is 4.98 Å². The van der Waals surface area contributed by atoms with E-state index in [2.05, 4.69) is 22.0 Å². The van der Waals surface area contributed by atoms with Crippen LogP contribution in [0.5, 0.6) is 0 Å². The van der Waals surface area contributed by atoms with Gasteiger partial charge >= 0.3 is 0 Å². The summed E-state index contributed by atoms with van der Waals surface area (Å²) in [4.78, 5) is 7.71. The molecule has 2 rings (SSSR count). The molecule has 18 heavy (non-hydrogen) atoms. The van der Waals surface area contributed by atoms with Gasteiger partial charge in [-0.1, -0.05) is 23.7 Å². The van der Waals surface area contributed by atoms with E-state index in [1.807, 2.05) is 19.2 Å². The van der Waals surface area contributed by atoms with Gasteiger partial charge in [0.15, 0.2) is 5.82 Å². The molecule has 0 fully saturated rings. The number of nitrogens with zero attached hydrogens (tertiary/aromatic N) is 3.